The third-order valence-corrected chi connectivity index (χ3v) is 5.37. The molecule has 0 amide bonds. The molecule has 7 nitrogen and oxygen atoms in total. The van der Waals surface area contributed by atoms with Crippen LogP contribution in [0.2, 0.25) is 0 Å². The van der Waals surface area contributed by atoms with E-state index in [9.17, 15) is 8.42 Å². The fourth-order valence-electron chi connectivity index (χ4n) is 2.61. The van der Waals surface area contributed by atoms with Crippen molar-refractivity contribution in [1.82, 2.24) is 15.0 Å². The highest BCUT2D eigenvalue weighted by Gasteiger charge is 2.33. The Balaban J connectivity index is 2.06. The van der Waals surface area contributed by atoms with Crippen LogP contribution >= 0.6 is 0 Å². The third kappa shape index (κ3) is 4.16. The second-order valence-electron chi connectivity index (χ2n) is 5.54. The standard InChI is InChI=1S/C14H23N3O4S/c1-20-11-14(5-7-15-8-6-14)10-17-22(18,19)12-3-4-13(21-2)16-9-12/h3-4,9,15,17H,5-8,10-11H2,1-2H3. The Morgan fingerprint density at radius 2 is 2.05 bits per heavy atom. The van der Waals surface area contributed by atoms with Gasteiger partial charge in [-0.25, -0.2) is 18.1 Å². The summed E-state index contributed by atoms with van der Waals surface area (Å²) in [6, 6.07) is 3.02. The van der Waals surface area contributed by atoms with Crippen molar-refractivity contribution in [3.63, 3.8) is 0 Å². The topological polar surface area (TPSA) is 89.5 Å². The van der Waals surface area contributed by atoms with Crippen LogP contribution in [0.15, 0.2) is 23.2 Å². The normalized spacial score (nSPS) is 18.1. The predicted molar refractivity (Wildman–Crippen MR) is 82.4 cm³/mol. The number of hydrogen-bond acceptors (Lipinski definition) is 6. The molecule has 2 heterocycles. The van der Waals surface area contributed by atoms with E-state index in [1.807, 2.05) is 0 Å². The van der Waals surface area contributed by atoms with Crippen LogP contribution in [-0.2, 0) is 14.8 Å². The molecule has 8 heteroatoms. The first-order valence-electron chi connectivity index (χ1n) is 7.21. The van der Waals surface area contributed by atoms with E-state index in [1.54, 1.807) is 7.11 Å². The van der Waals surface area contributed by atoms with Crippen molar-refractivity contribution in [3.05, 3.63) is 18.3 Å². The molecule has 0 bridgehead atoms. The first kappa shape index (κ1) is 17.1. The van der Waals surface area contributed by atoms with E-state index in [-0.39, 0.29) is 10.3 Å². The van der Waals surface area contributed by atoms with Crippen LogP contribution in [0, 0.1) is 5.41 Å². The van der Waals surface area contributed by atoms with Crippen LogP contribution in [0.4, 0.5) is 0 Å². The van der Waals surface area contributed by atoms with E-state index in [1.165, 1.54) is 25.4 Å². The van der Waals surface area contributed by atoms with Crippen molar-refractivity contribution in [2.24, 2.45) is 5.41 Å². The summed E-state index contributed by atoms with van der Waals surface area (Å²) in [6.45, 7) is 2.64. The van der Waals surface area contributed by atoms with Crippen LogP contribution in [0.5, 0.6) is 5.88 Å². The van der Waals surface area contributed by atoms with Gasteiger partial charge in [0.1, 0.15) is 4.90 Å². The largest absolute Gasteiger partial charge is 0.481 e. The maximum Gasteiger partial charge on any atom is 0.242 e. The van der Waals surface area contributed by atoms with Gasteiger partial charge in [-0.05, 0) is 32.0 Å². The van der Waals surface area contributed by atoms with E-state index in [0.717, 1.165) is 25.9 Å². The summed E-state index contributed by atoms with van der Waals surface area (Å²) in [4.78, 5) is 4.07. The number of sulfonamides is 1. The Labute approximate surface area is 131 Å². The van der Waals surface area contributed by atoms with Crippen molar-refractivity contribution < 1.29 is 17.9 Å². The van der Waals surface area contributed by atoms with Crippen LogP contribution in [0.3, 0.4) is 0 Å². The summed E-state index contributed by atoms with van der Waals surface area (Å²) in [7, 11) is -0.454. The number of nitrogens with one attached hydrogen (secondary N) is 2. The zero-order valence-electron chi connectivity index (χ0n) is 13.0. The Hall–Kier alpha value is -1.22. The molecule has 124 valence electrons. The van der Waals surface area contributed by atoms with E-state index < -0.39 is 10.0 Å². The molecular weight excluding hydrogens is 306 g/mol. The lowest BCUT2D eigenvalue weighted by Gasteiger charge is -2.37. The molecule has 0 radical (unpaired) electrons. The van der Waals surface area contributed by atoms with Gasteiger partial charge in [0.25, 0.3) is 0 Å². The van der Waals surface area contributed by atoms with Gasteiger partial charge in [-0.2, -0.15) is 0 Å². The molecule has 1 aliphatic rings. The van der Waals surface area contributed by atoms with Gasteiger partial charge in [-0.1, -0.05) is 0 Å². The maximum absolute atomic E-state index is 12.4. The van der Waals surface area contributed by atoms with Gasteiger partial charge >= 0.3 is 0 Å². The molecule has 2 rings (SSSR count). The molecule has 0 atom stereocenters. The van der Waals surface area contributed by atoms with Crippen LogP contribution in [-0.4, -0.2) is 53.9 Å². The number of hydrogen-bond donors (Lipinski definition) is 2. The van der Waals surface area contributed by atoms with E-state index >= 15 is 0 Å². The summed E-state index contributed by atoms with van der Waals surface area (Å²) in [5.41, 5.74) is -0.160. The number of aromatic nitrogens is 1. The zero-order valence-corrected chi connectivity index (χ0v) is 13.8. The minimum absolute atomic E-state index is 0.134. The molecule has 0 saturated carbocycles. The molecule has 1 aromatic heterocycles. The SMILES string of the molecule is COCC1(CNS(=O)(=O)c2ccc(OC)nc2)CCNCC1. The summed E-state index contributed by atoms with van der Waals surface area (Å²) < 4.78 is 37.7. The van der Waals surface area contributed by atoms with Crippen molar-refractivity contribution in [2.45, 2.75) is 17.7 Å². The molecule has 1 saturated heterocycles. The van der Waals surface area contributed by atoms with E-state index in [0.29, 0.717) is 19.0 Å². The summed E-state index contributed by atoms with van der Waals surface area (Å²) >= 11 is 0. The van der Waals surface area contributed by atoms with Crippen molar-refractivity contribution in [1.29, 1.82) is 0 Å². The highest BCUT2D eigenvalue weighted by molar-refractivity contribution is 7.89. The quantitative estimate of drug-likeness (QED) is 0.752. The average molecular weight is 329 g/mol. The van der Waals surface area contributed by atoms with E-state index in [2.05, 4.69) is 15.0 Å². The molecule has 0 aromatic carbocycles. The monoisotopic (exact) mass is 329 g/mol. The number of ether oxygens (including phenoxy) is 2. The first-order valence-corrected chi connectivity index (χ1v) is 8.69. The second-order valence-corrected chi connectivity index (χ2v) is 7.31. The maximum atomic E-state index is 12.4. The number of piperidine rings is 1. The molecule has 22 heavy (non-hydrogen) atoms. The summed E-state index contributed by atoms with van der Waals surface area (Å²) in [6.07, 6.45) is 3.06. The predicted octanol–water partition coefficient (Wildman–Crippen LogP) is 0.385. The van der Waals surface area contributed by atoms with Gasteiger partial charge in [0.05, 0.1) is 19.9 Å². The number of methoxy groups -OCH3 is 2. The minimum Gasteiger partial charge on any atom is -0.481 e. The molecular formula is C14H23N3O4S. The molecule has 0 aliphatic carbocycles. The summed E-state index contributed by atoms with van der Waals surface area (Å²) in [5.74, 6) is 0.383. The van der Waals surface area contributed by atoms with Crippen LogP contribution in [0.1, 0.15) is 12.8 Å². The van der Waals surface area contributed by atoms with Gasteiger partial charge in [0, 0.05) is 25.1 Å². The number of pyridine rings is 1. The molecule has 1 aliphatic heterocycles. The average Bonchev–Trinajstić information content (AvgIpc) is 2.54. The van der Waals surface area contributed by atoms with Crippen LogP contribution in [0.25, 0.3) is 0 Å². The summed E-state index contributed by atoms with van der Waals surface area (Å²) in [5, 5.41) is 3.28. The third-order valence-electron chi connectivity index (χ3n) is 3.98. The molecule has 0 spiro atoms. The Bertz CT molecular complexity index is 563. The zero-order chi connectivity index (χ0) is 16.1. The second kappa shape index (κ2) is 7.36. The lowest BCUT2D eigenvalue weighted by atomic mass is 9.80. The Kier molecular flexibility index (Phi) is 5.74. The fourth-order valence-corrected chi connectivity index (χ4v) is 3.71. The van der Waals surface area contributed by atoms with E-state index in [4.69, 9.17) is 9.47 Å². The van der Waals surface area contributed by atoms with Crippen molar-refractivity contribution in [2.75, 3.05) is 40.5 Å². The van der Waals surface area contributed by atoms with Crippen LogP contribution < -0.4 is 14.8 Å². The first-order chi connectivity index (χ1) is 10.5. The molecule has 2 N–H and O–H groups in total. The lowest BCUT2D eigenvalue weighted by molar-refractivity contribution is 0.0577. The minimum atomic E-state index is -3.59. The Morgan fingerprint density at radius 3 is 2.59 bits per heavy atom. The fraction of sp³-hybridized carbons (Fsp3) is 0.643. The number of nitrogens with zero attached hydrogens (tertiary/aromatic N) is 1. The smallest absolute Gasteiger partial charge is 0.242 e. The lowest BCUT2D eigenvalue weighted by Crippen LogP contribution is -2.47. The van der Waals surface area contributed by atoms with Gasteiger partial charge < -0.3 is 14.8 Å². The molecule has 0 unspecified atom stereocenters. The molecule has 1 aromatic rings. The van der Waals surface area contributed by atoms with Gasteiger partial charge in [0.15, 0.2) is 0 Å². The van der Waals surface area contributed by atoms with Gasteiger partial charge in [-0.3, -0.25) is 0 Å². The highest BCUT2D eigenvalue weighted by Crippen LogP contribution is 2.28. The highest BCUT2D eigenvalue weighted by atomic mass is 32.2. The van der Waals surface area contributed by atoms with Crippen molar-refractivity contribution >= 4 is 10.0 Å². The Morgan fingerprint density at radius 1 is 1.32 bits per heavy atom. The van der Waals surface area contributed by atoms with Gasteiger partial charge in [0.2, 0.25) is 15.9 Å². The van der Waals surface area contributed by atoms with Crippen molar-refractivity contribution in [3.8, 4) is 5.88 Å². The van der Waals surface area contributed by atoms with Gasteiger partial charge in [-0.15, -0.1) is 0 Å². The molecule has 1 fully saturated rings. The number of rotatable bonds is 7.